The van der Waals surface area contributed by atoms with Crippen LogP contribution in [0.15, 0.2) is 23.1 Å². The molecule has 0 unspecified atom stereocenters. The summed E-state index contributed by atoms with van der Waals surface area (Å²) in [6.07, 6.45) is 0. The molecule has 1 saturated heterocycles. The van der Waals surface area contributed by atoms with Crippen LogP contribution in [0.4, 0.5) is 5.69 Å². The van der Waals surface area contributed by atoms with Gasteiger partial charge in [0, 0.05) is 29.6 Å². The molecule has 1 aliphatic rings. The van der Waals surface area contributed by atoms with Gasteiger partial charge >= 0.3 is 0 Å². The van der Waals surface area contributed by atoms with Crippen LogP contribution >= 0.6 is 23.4 Å². The minimum atomic E-state index is -3.47. The molecule has 1 aromatic rings. The summed E-state index contributed by atoms with van der Waals surface area (Å²) in [7, 11) is -3.47. The number of benzene rings is 1. The molecule has 0 atom stereocenters. The van der Waals surface area contributed by atoms with Crippen LogP contribution in [0.1, 0.15) is 0 Å². The molecular weight excluding hydrogens is 280 g/mol. The monoisotopic (exact) mass is 292 g/mol. The van der Waals surface area contributed by atoms with Crippen molar-refractivity contribution < 1.29 is 8.42 Å². The Balaban J connectivity index is 2.37. The van der Waals surface area contributed by atoms with E-state index >= 15 is 0 Å². The Bertz CT molecular complexity index is 513. The van der Waals surface area contributed by atoms with E-state index in [0.29, 0.717) is 18.1 Å². The van der Waals surface area contributed by atoms with Gasteiger partial charge in [-0.25, -0.2) is 8.42 Å². The number of rotatable bonds is 2. The molecule has 94 valence electrons. The molecule has 0 amide bonds. The van der Waals surface area contributed by atoms with Gasteiger partial charge in [0.2, 0.25) is 10.0 Å². The zero-order chi connectivity index (χ0) is 12.5. The second-order valence-corrected chi connectivity index (χ2v) is 7.27. The maximum atomic E-state index is 12.3. The van der Waals surface area contributed by atoms with E-state index in [2.05, 4.69) is 0 Å². The smallest absolute Gasteiger partial charge is 0.245 e. The van der Waals surface area contributed by atoms with Crippen LogP contribution in [0.2, 0.25) is 5.02 Å². The lowest BCUT2D eigenvalue weighted by molar-refractivity contribution is 0.444. The lowest BCUT2D eigenvalue weighted by atomic mass is 10.3. The fourth-order valence-electron chi connectivity index (χ4n) is 1.68. The van der Waals surface area contributed by atoms with Gasteiger partial charge in [-0.3, -0.25) is 0 Å². The molecule has 1 aliphatic heterocycles. The van der Waals surface area contributed by atoms with Crippen LogP contribution in [0.5, 0.6) is 0 Å². The summed E-state index contributed by atoms with van der Waals surface area (Å²) in [5.74, 6) is 1.65. The molecule has 0 bridgehead atoms. The number of anilines is 1. The standard InChI is InChI=1S/C10H13ClN2O2S2/c11-8-1-2-10(9(12)7-8)17(14,15)13-3-5-16-6-4-13/h1-2,7H,3-6,12H2. The summed E-state index contributed by atoms with van der Waals surface area (Å²) in [5, 5.41) is 0.440. The Morgan fingerprint density at radius 3 is 2.53 bits per heavy atom. The Morgan fingerprint density at radius 1 is 1.29 bits per heavy atom. The van der Waals surface area contributed by atoms with E-state index in [1.807, 2.05) is 0 Å². The number of nitrogens with two attached hydrogens (primary N) is 1. The van der Waals surface area contributed by atoms with Gasteiger partial charge in [-0.1, -0.05) is 11.6 Å². The number of nitrogen functional groups attached to an aromatic ring is 1. The summed E-state index contributed by atoms with van der Waals surface area (Å²) in [6, 6.07) is 4.48. The quantitative estimate of drug-likeness (QED) is 0.842. The molecule has 2 N–H and O–H groups in total. The Labute approximate surface area is 110 Å². The largest absolute Gasteiger partial charge is 0.398 e. The van der Waals surface area contributed by atoms with E-state index in [9.17, 15) is 8.42 Å². The SMILES string of the molecule is Nc1cc(Cl)ccc1S(=O)(=O)N1CCSCC1. The van der Waals surface area contributed by atoms with Crippen LogP contribution in [0, 0.1) is 0 Å². The van der Waals surface area contributed by atoms with Gasteiger partial charge in [-0.15, -0.1) is 0 Å². The zero-order valence-electron chi connectivity index (χ0n) is 9.10. The topological polar surface area (TPSA) is 63.4 Å². The first kappa shape index (κ1) is 13.0. The van der Waals surface area contributed by atoms with Gasteiger partial charge in [-0.05, 0) is 18.2 Å². The van der Waals surface area contributed by atoms with Gasteiger partial charge in [0.15, 0.2) is 0 Å². The molecule has 0 radical (unpaired) electrons. The molecule has 0 spiro atoms. The minimum absolute atomic E-state index is 0.147. The average molecular weight is 293 g/mol. The van der Waals surface area contributed by atoms with Crippen molar-refractivity contribution in [2.45, 2.75) is 4.90 Å². The van der Waals surface area contributed by atoms with Crippen molar-refractivity contribution in [1.82, 2.24) is 4.31 Å². The fourth-order valence-corrected chi connectivity index (χ4v) is 4.53. The highest BCUT2D eigenvalue weighted by Gasteiger charge is 2.27. The number of nitrogens with zero attached hydrogens (tertiary/aromatic N) is 1. The lowest BCUT2D eigenvalue weighted by Gasteiger charge is -2.26. The van der Waals surface area contributed by atoms with Crippen molar-refractivity contribution in [3.63, 3.8) is 0 Å². The van der Waals surface area contributed by atoms with E-state index in [0.717, 1.165) is 11.5 Å². The summed E-state index contributed by atoms with van der Waals surface area (Å²) in [4.78, 5) is 0.147. The minimum Gasteiger partial charge on any atom is -0.398 e. The number of thioether (sulfide) groups is 1. The van der Waals surface area contributed by atoms with Crippen LogP contribution < -0.4 is 5.73 Å². The third-order valence-electron chi connectivity index (χ3n) is 2.56. The predicted molar refractivity (Wildman–Crippen MR) is 71.9 cm³/mol. The van der Waals surface area contributed by atoms with Crippen molar-refractivity contribution in [3.05, 3.63) is 23.2 Å². The third-order valence-corrected chi connectivity index (χ3v) is 5.71. The number of halogens is 1. The van der Waals surface area contributed by atoms with Crippen molar-refractivity contribution in [2.24, 2.45) is 0 Å². The van der Waals surface area contributed by atoms with Crippen LogP contribution in [0.25, 0.3) is 0 Å². The van der Waals surface area contributed by atoms with E-state index in [-0.39, 0.29) is 10.6 Å². The Kier molecular flexibility index (Phi) is 3.87. The third kappa shape index (κ3) is 2.70. The molecule has 4 nitrogen and oxygen atoms in total. The van der Waals surface area contributed by atoms with Gasteiger partial charge in [0.1, 0.15) is 4.90 Å². The summed E-state index contributed by atoms with van der Waals surface area (Å²) in [6.45, 7) is 1.07. The molecule has 7 heteroatoms. The first-order valence-corrected chi connectivity index (χ1v) is 8.12. The van der Waals surface area contributed by atoms with Crippen LogP contribution in [-0.2, 0) is 10.0 Å². The molecule has 0 saturated carbocycles. The zero-order valence-corrected chi connectivity index (χ0v) is 11.5. The molecule has 2 rings (SSSR count). The summed E-state index contributed by atoms with van der Waals surface area (Å²) < 4.78 is 26.1. The number of sulfonamides is 1. The normalized spacial score (nSPS) is 18.2. The van der Waals surface area contributed by atoms with E-state index in [4.69, 9.17) is 17.3 Å². The number of hydrogen-bond acceptors (Lipinski definition) is 4. The van der Waals surface area contributed by atoms with Gasteiger partial charge in [0.05, 0.1) is 5.69 Å². The molecule has 17 heavy (non-hydrogen) atoms. The van der Waals surface area contributed by atoms with Gasteiger partial charge in [-0.2, -0.15) is 16.1 Å². The fraction of sp³-hybridized carbons (Fsp3) is 0.400. The summed E-state index contributed by atoms with van der Waals surface area (Å²) in [5.41, 5.74) is 5.92. The van der Waals surface area contributed by atoms with E-state index in [1.165, 1.54) is 16.4 Å². The predicted octanol–water partition coefficient (Wildman–Crippen LogP) is 1.66. The Hall–Kier alpha value is -0.430. The molecule has 0 aromatic heterocycles. The van der Waals surface area contributed by atoms with E-state index in [1.54, 1.807) is 17.8 Å². The highest BCUT2D eigenvalue weighted by Crippen LogP contribution is 2.26. The first-order valence-electron chi connectivity index (χ1n) is 5.15. The highest BCUT2D eigenvalue weighted by atomic mass is 35.5. The Morgan fingerprint density at radius 2 is 1.94 bits per heavy atom. The van der Waals surface area contributed by atoms with Crippen molar-refractivity contribution >= 4 is 39.1 Å². The van der Waals surface area contributed by atoms with Crippen molar-refractivity contribution in [2.75, 3.05) is 30.3 Å². The first-order chi connectivity index (χ1) is 8.01. The van der Waals surface area contributed by atoms with Crippen molar-refractivity contribution in [3.8, 4) is 0 Å². The molecular formula is C10H13ClN2O2S2. The van der Waals surface area contributed by atoms with E-state index < -0.39 is 10.0 Å². The second kappa shape index (κ2) is 5.06. The van der Waals surface area contributed by atoms with Gasteiger partial charge in [0.25, 0.3) is 0 Å². The number of hydrogen-bond donors (Lipinski definition) is 1. The highest BCUT2D eigenvalue weighted by molar-refractivity contribution is 7.99. The maximum absolute atomic E-state index is 12.3. The lowest BCUT2D eigenvalue weighted by Crippen LogP contribution is -2.38. The average Bonchev–Trinajstić information content (AvgIpc) is 2.29. The van der Waals surface area contributed by atoms with Crippen LogP contribution in [-0.4, -0.2) is 37.3 Å². The van der Waals surface area contributed by atoms with Gasteiger partial charge < -0.3 is 5.73 Å². The second-order valence-electron chi connectivity index (χ2n) is 3.70. The summed E-state index contributed by atoms with van der Waals surface area (Å²) >= 11 is 7.52. The molecule has 1 heterocycles. The molecule has 0 aliphatic carbocycles. The molecule has 1 fully saturated rings. The van der Waals surface area contributed by atoms with Crippen LogP contribution in [0.3, 0.4) is 0 Å². The van der Waals surface area contributed by atoms with Crippen molar-refractivity contribution in [1.29, 1.82) is 0 Å². The molecule has 1 aromatic carbocycles. The maximum Gasteiger partial charge on any atom is 0.245 e.